The number of nitrogens with zero attached hydrogens (tertiary/aromatic N) is 1. The van der Waals surface area contributed by atoms with Crippen LogP contribution in [0.3, 0.4) is 0 Å². The highest BCUT2D eigenvalue weighted by atomic mass is 16.6. The molecule has 0 saturated heterocycles. The van der Waals surface area contributed by atoms with E-state index in [1.54, 1.807) is 6.92 Å². The number of hydrogen-bond donors (Lipinski definition) is 1. The highest BCUT2D eigenvalue weighted by molar-refractivity contribution is 5.71. The monoisotopic (exact) mass is 283 g/mol. The van der Waals surface area contributed by atoms with Crippen molar-refractivity contribution in [2.45, 2.75) is 39.7 Å². The minimum absolute atomic E-state index is 0.112. The van der Waals surface area contributed by atoms with Gasteiger partial charge in [0, 0.05) is 12.2 Å². The summed E-state index contributed by atoms with van der Waals surface area (Å²) in [6.45, 7) is 9.00. The third-order valence-corrected chi connectivity index (χ3v) is 2.71. The van der Waals surface area contributed by atoms with E-state index in [-0.39, 0.29) is 17.7 Å². The summed E-state index contributed by atoms with van der Waals surface area (Å²) in [7, 11) is 0. The fourth-order valence-electron chi connectivity index (χ4n) is 1.57. The molecule has 6 nitrogen and oxygen atoms in total. The SMILES string of the molecule is C=C/C(=C\C=C(/C)OC1CC(C(=O)O)C1)[N+](=O)[O-].CC. The molecular weight excluding hydrogens is 262 g/mol. The maximum Gasteiger partial charge on any atom is 0.306 e. The Morgan fingerprint density at radius 1 is 1.40 bits per heavy atom. The molecule has 0 spiro atoms. The summed E-state index contributed by atoms with van der Waals surface area (Å²) < 4.78 is 5.44. The van der Waals surface area contributed by atoms with Gasteiger partial charge in [-0.15, -0.1) is 0 Å². The molecule has 0 aromatic heterocycles. The molecule has 0 atom stereocenters. The zero-order valence-corrected chi connectivity index (χ0v) is 12.0. The normalized spacial score (nSPS) is 21.9. The Hall–Kier alpha value is -2.11. The van der Waals surface area contributed by atoms with Crippen LogP contribution in [0, 0.1) is 16.0 Å². The van der Waals surface area contributed by atoms with E-state index in [1.807, 2.05) is 13.8 Å². The molecule has 6 heteroatoms. The fourth-order valence-corrected chi connectivity index (χ4v) is 1.57. The Labute approximate surface area is 118 Å². The topological polar surface area (TPSA) is 89.7 Å². The molecule has 0 heterocycles. The van der Waals surface area contributed by atoms with E-state index in [4.69, 9.17) is 9.84 Å². The van der Waals surface area contributed by atoms with E-state index in [9.17, 15) is 14.9 Å². The van der Waals surface area contributed by atoms with Gasteiger partial charge in [0.2, 0.25) is 0 Å². The molecule has 0 unspecified atom stereocenters. The molecule has 1 aliphatic carbocycles. The van der Waals surface area contributed by atoms with Gasteiger partial charge < -0.3 is 9.84 Å². The average molecular weight is 283 g/mol. The molecule has 1 N–H and O–H groups in total. The number of carboxylic acid groups (broad SMARTS) is 1. The maximum absolute atomic E-state index is 10.6. The Kier molecular flexibility index (Phi) is 7.96. The number of allylic oxidation sites excluding steroid dienone is 4. The number of ether oxygens (including phenoxy) is 1. The van der Waals surface area contributed by atoms with Crippen molar-refractivity contribution in [1.82, 2.24) is 0 Å². The minimum Gasteiger partial charge on any atom is -0.495 e. The summed E-state index contributed by atoms with van der Waals surface area (Å²) >= 11 is 0. The van der Waals surface area contributed by atoms with Crippen LogP contribution in [-0.2, 0) is 9.53 Å². The number of hydrogen-bond acceptors (Lipinski definition) is 4. The van der Waals surface area contributed by atoms with E-state index >= 15 is 0 Å². The van der Waals surface area contributed by atoms with Gasteiger partial charge in [-0.1, -0.05) is 20.4 Å². The van der Waals surface area contributed by atoms with Gasteiger partial charge >= 0.3 is 5.97 Å². The average Bonchev–Trinajstić information content (AvgIpc) is 2.35. The molecule has 0 aromatic rings. The zero-order chi connectivity index (χ0) is 15.7. The summed E-state index contributed by atoms with van der Waals surface area (Å²) in [6.07, 6.45) is 4.78. The van der Waals surface area contributed by atoms with Crippen molar-refractivity contribution in [3.05, 3.63) is 46.4 Å². The summed E-state index contributed by atoms with van der Waals surface area (Å²) in [5, 5.41) is 19.2. The highest BCUT2D eigenvalue weighted by Crippen LogP contribution is 2.31. The highest BCUT2D eigenvalue weighted by Gasteiger charge is 2.35. The standard InChI is InChI=1S/C12H15NO5.C2H6/c1-3-10(13(16)17)5-4-8(2)18-11-6-9(7-11)12(14)15;1-2/h3-5,9,11H,1,6-7H2,2H3,(H,14,15);1-2H3/b8-4+,10-5+;. The molecule has 1 saturated carbocycles. The van der Waals surface area contributed by atoms with Gasteiger partial charge in [0.1, 0.15) is 0 Å². The second-order valence-electron chi connectivity index (χ2n) is 4.08. The number of nitro groups is 1. The summed E-state index contributed by atoms with van der Waals surface area (Å²) in [5.74, 6) is -0.621. The van der Waals surface area contributed by atoms with Crippen LogP contribution in [0.25, 0.3) is 0 Å². The lowest BCUT2D eigenvalue weighted by Gasteiger charge is -2.32. The predicted molar refractivity (Wildman–Crippen MR) is 75.6 cm³/mol. The van der Waals surface area contributed by atoms with Gasteiger partial charge in [-0.3, -0.25) is 14.9 Å². The van der Waals surface area contributed by atoms with Gasteiger partial charge in [0.05, 0.1) is 22.7 Å². The third kappa shape index (κ3) is 5.69. The lowest BCUT2D eigenvalue weighted by molar-refractivity contribution is -0.418. The van der Waals surface area contributed by atoms with Crippen molar-refractivity contribution in [2.75, 3.05) is 0 Å². The van der Waals surface area contributed by atoms with Crippen LogP contribution < -0.4 is 0 Å². The molecule has 0 radical (unpaired) electrons. The molecule has 1 rings (SSSR count). The van der Waals surface area contributed by atoms with Crippen LogP contribution in [0.15, 0.2) is 36.3 Å². The van der Waals surface area contributed by atoms with Crippen molar-refractivity contribution >= 4 is 5.97 Å². The largest absolute Gasteiger partial charge is 0.495 e. The molecule has 0 amide bonds. The second-order valence-corrected chi connectivity index (χ2v) is 4.08. The first-order chi connectivity index (χ1) is 9.43. The van der Waals surface area contributed by atoms with Crippen molar-refractivity contribution < 1.29 is 19.6 Å². The van der Waals surface area contributed by atoms with Crippen molar-refractivity contribution in [3.63, 3.8) is 0 Å². The smallest absolute Gasteiger partial charge is 0.306 e. The van der Waals surface area contributed by atoms with Crippen LogP contribution in [0.2, 0.25) is 0 Å². The van der Waals surface area contributed by atoms with E-state index in [0.717, 1.165) is 6.08 Å². The summed E-state index contributed by atoms with van der Waals surface area (Å²) in [4.78, 5) is 20.5. The minimum atomic E-state index is -0.807. The number of aliphatic carboxylic acids is 1. The van der Waals surface area contributed by atoms with Gasteiger partial charge in [-0.2, -0.15) is 0 Å². The van der Waals surface area contributed by atoms with Gasteiger partial charge in [-0.05, 0) is 25.8 Å². The maximum atomic E-state index is 10.6. The van der Waals surface area contributed by atoms with Crippen molar-refractivity contribution in [2.24, 2.45) is 5.92 Å². The number of carboxylic acids is 1. The van der Waals surface area contributed by atoms with E-state index < -0.39 is 10.9 Å². The van der Waals surface area contributed by atoms with Crippen molar-refractivity contribution in [1.29, 1.82) is 0 Å². The lowest BCUT2D eigenvalue weighted by Crippen LogP contribution is -2.35. The first-order valence-electron chi connectivity index (χ1n) is 6.49. The Balaban J connectivity index is 0.00000172. The molecule has 0 aromatic carbocycles. The Bertz CT molecular complexity index is 419. The van der Waals surface area contributed by atoms with Crippen LogP contribution in [0.5, 0.6) is 0 Å². The molecule has 0 bridgehead atoms. The molecule has 0 aliphatic heterocycles. The van der Waals surface area contributed by atoms with E-state index in [2.05, 4.69) is 6.58 Å². The zero-order valence-electron chi connectivity index (χ0n) is 12.0. The number of carbonyl (C=O) groups is 1. The third-order valence-electron chi connectivity index (χ3n) is 2.71. The molecular formula is C14H21NO5. The fraction of sp³-hybridized carbons (Fsp3) is 0.500. The van der Waals surface area contributed by atoms with Crippen LogP contribution in [-0.4, -0.2) is 22.1 Å². The van der Waals surface area contributed by atoms with Crippen LogP contribution in [0.1, 0.15) is 33.6 Å². The quantitative estimate of drug-likeness (QED) is 0.350. The van der Waals surface area contributed by atoms with Gasteiger partial charge in [0.15, 0.2) is 0 Å². The van der Waals surface area contributed by atoms with Crippen LogP contribution >= 0.6 is 0 Å². The molecule has 1 aliphatic rings. The predicted octanol–water partition coefficient (Wildman–Crippen LogP) is 3.14. The Morgan fingerprint density at radius 2 is 1.95 bits per heavy atom. The summed E-state index contributed by atoms with van der Waals surface area (Å²) in [5.41, 5.74) is -0.116. The summed E-state index contributed by atoms with van der Waals surface area (Å²) in [6, 6.07) is 0. The molecule has 1 fully saturated rings. The molecule has 112 valence electrons. The first-order valence-corrected chi connectivity index (χ1v) is 6.49. The van der Waals surface area contributed by atoms with E-state index in [0.29, 0.717) is 18.6 Å². The van der Waals surface area contributed by atoms with E-state index in [1.165, 1.54) is 12.2 Å². The first kappa shape index (κ1) is 17.9. The van der Waals surface area contributed by atoms with Crippen molar-refractivity contribution in [3.8, 4) is 0 Å². The molecule has 20 heavy (non-hydrogen) atoms. The lowest BCUT2D eigenvalue weighted by atomic mass is 9.82. The van der Waals surface area contributed by atoms with Crippen LogP contribution in [0.4, 0.5) is 0 Å². The van der Waals surface area contributed by atoms with Gasteiger partial charge in [0.25, 0.3) is 5.70 Å². The van der Waals surface area contributed by atoms with Gasteiger partial charge in [-0.25, -0.2) is 0 Å². The Morgan fingerprint density at radius 3 is 2.35 bits per heavy atom. The second kappa shape index (κ2) is 8.90. The number of rotatable bonds is 6.